The first-order valence-electron chi connectivity index (χ1n) is 15.9. The smallest absolute Gasteiger partial charge is 0.421 e. The van der Waals surface area contributed by atoms with Gasteiger partial charge in [0.1, 0.15) is 22.3 Å². The van der Waals surface area contributed by atoms with Crippen molar-refractivity contribution in [3.05, 3.63) is 64.3 Å². The van der Waals surface area contributed by atoms with Crippen molar-refractivity contribution in [1.29, 1.82) is 0 Å². The number of alkyl halides is 9. The van der Waals surface area contributed by atoms with Gasteiger partial charge in [-0.05, 0) is 66.5 Å². The summed E-state index contributed by atoms with van der Waals surface area (Å²) in [7, 11) is -3.75. The lowest BCUT2D eigenvalue weighted by molar-refractivity contribution is -0.171. The average Bonchev–Trinajstić information content (AvgIpc) is 3.33. The highest BCUT2D eigenvalue weighted by atomic mass is 31.2. The second kappa shape index (κ2) is 14.3. The Morgan fingerprint density at radius 1 is 0.925 bits per heavy atom. The summed E-state index contributed by atoms with van der Waals surface area (Å²) in [6.07, 6.45) is -18.7. The number of amides is 1. The summed E-state index contributed by atoms with van der Waals surface area (Å²) in [4.78, 5) is 42.0. The van der Waals surface area contributed by atoms with E-state index >= 15 is 0 Å². The molecule has 1 amide bonds. The minimum absolute atomic E-state index is 0.00543. The lowest BCUT2D eigenvalue weighted by Gasteiger charge is -2.36. The number of ether oxygens (including phenoxy) is 1. The first-order valence-corrected chi connectivity index (χ1v) is 17.5. The van der Waals surface area contributed by atoms with Crippen LogP contribution in [0.5, 0.6) is 5.75 Å². The minimum Gasteiger partial charge on any atom is -0.495 e. The van der Waals surface area contributed by atoms with Crippen molar-refractivity contribution < 1.29 is 68.5 Å². The molecule has 11 nitrogen and oxygen atoms in total. The maximum Gasteiger partial charge on any atom is 0.421 e. The zero-order chi connectivity index (χ0) is 39.3. The van der Waals surface area contributed by atoms with E-state index in [0.717, 1.165) is 18.7 Å². The Kier molecular flexibility index (Phi) is 10.8. The molecule has 290 valence electrons. The highest BCUT2D eigenvalue weighted by molar-refractivity contribution is 7.53. The molecular formula is C32H33F9N5O6P. The maximum absolute atomic E-state index is 14.2. The summed E-state index contributed by atoms with van der Waals surface area (Å²) in [5, 5.41) is 11.2. The van der Waals surface area contributed by atoms with Gasteiger partial charge >= 0.3 is 26.1 Å². The van der Waals surface area contributed by atoms with Gasteiger partial charge in [0.05, 0.1) is 43.0 Å². The van der Waals surface area contributed by atoms with Crippen LogP contribution in [0.3, 0.4) is 0 Å². The SMILES string of the molecule is COc1cc(C(CC(F)(F)F)(CC(F)(F)F)P(=O)(O)O)ccc1Nc1ncc(C(F)(F)F)c(Nc2ccc(C3CCC(O)CC3)c3c2C(=O)N(C)C3)n1. The summed E-state index contributed by atoms with van der Waals surface area (Å²) in [6, 6.07) is 5.09. The van der Waals surface area contributed by atoms with Crippen molar-refractivity contribution in [3.8, 4) is 5.75 Å². The Morgan fingerprint density at radius 3 is 2.08 bits per heavy atom. The monoisotopic (exact) mass is 785 g/mol. The van der Waals surface area contributed by atoms with Crippen LogP contribution in [0.4, 0.5) is 62.7 Å². The summed E-state index contributed by atoms with van der Waals surface area (Å²) in [6.45, 7) is 0.186. The number of hydrogen-bond donors (Lipinski definition) is 5. The molecule has 5 N–H and O–H groups in total. The Balaban J connectivity index is 1.54. The standard InChI is InChI=1S/C32H33F9N5O6P/c1-46-13-20-19(16-3-6-18(47)7-4-16)8-10-23(25(20)27(46)48)43-26-21(32(39,40)41)12-42-28(45-26)44-22-9-5-17(11-24(22)52-2)29(53(49,50)51,14-30(33,34)35)15-31(36,37)38/h5,8-12,16,18,47H,3-4,6-7,13-15H2,1-2H3,(H2,49,50,51)(H2,42,43,44,45). The molecule has 3 aromatic rings. The Morgan fingerprint density at radius 2 is 1.53 bits per heavy atom. The number of halogens is 9. The molecule has 0 spiro atoms. The fraction of sp³-hybridized carbons (Fsp3) is 0.469. The van der Waals surface area contributed by atoms with Gasteiger partial charge in [0.15, 0.2) is 0 Å². The molecule has 1 fully saturated rings. The van der Waals surface area contributed by atoms with Crippen LogP contribution in [0.15, 0.2) is 36.5 Å². The molecule has 1 saturated carbocycles. The zero-order valence-corrected chi connectivity index (χ0v) is 28.7. The molecule has 0 saturated heterocycles. The van der Waals surface area contributed by atoms with E-state index in [9.17, 15) is 63.8 Å². The molecule has 2 heterocycles. The average molecular weight is 786 g/mol. The molecular weight excluding hydrogens is 752 g/mol. The van der Waals surface area contributed by atoms with Gasteiger partial charge in [0, 0.05) is 19.8 Å². The van der Waals surface area contributed by atoms with Crippen molar-refractivity contribution >= 4 is 36.6 Å². The molecule has 1 aliphatic heterocycles. The first kappa shape index (κ1) is 40.1. The van der Waals surface area contributed by atoms with Crippen molar-refractivity contribution in [3.63, 3.8) is 0 Å². The molecule has 0 atom stereocenters. The van der Waals surface area contributed by atoms with Crippen LogP contribution >= 0.6 is 7.60 Å². The Hall–Kier alpha value is -4.13. The van der Waals surface area contributed by atoms with E-state index in [1.165, 1.54) is 18.0 Å². The molecule has 1 aromatic heterocycles. The molecule has 53 heavy (non-hydrogen) atoms. The number of hydrogen-bond acceptors (Lipinski definition) is 8. The van der Waals surface area contributed by atoms with Gasteiger partial charge in [-0.15, -0.1) is 0 Å². The fourth-order valence-electron chi connectivity index (χ4n) is 6.83. The quantitative estimate of drug-likeness (QED) is 0.101. The summed E-state index contributed by atoms with van der Waals surface area (Å²) in [5.41, 5.74) is -1.17. The number of nitrogens with zero attached hydrogens (tertiary/aromatic N) is 3. The predicted octanol–water partition coefficient (Wildman–Crippen LogP) is 7.87. The van der Waals surface area contributed by atoms with Crippen molar-refractivity contribution in [2.24, 2.45) is 0 Å². The molecule has 0 bridgehead atoms. The third-order valence-corrected chi connectivity index (χ3v) is 11.0. The number of methoxy groups -OCH3 is 1. The predicted molar refractivity (Wildman–Crippen MR) is 171 cm³/mol. The van der Waals surface area contributed by atoms with Gasteiger partial charge < -0.3 is 35.2 Å². The lowest BCUT2D eigenvalue weighted by atomic mass is 9.80. The van der Waals surface area contributed by atoms with Gasteiger partial charge in [-0.3, -0.25) is 9.36 Å². The first-order chi connectivity index (χ1) is 24.4. The normalized spacial score (nSPS) is 18.6. The number of carbonyl (C=O) groups excluding carboxylic acids is 1. The van der Waals surface area contributed by atoms with Gasteiger partial charge in [0.25, 0.3) is 5.91 Å². The number of rotatable bonds is 10. The number of anilines is 4. The molecule has 2 aromatic carbocycles. The lowest BCUT2D eigenvalue weighted by Crippen LogP contribution is -2.37. The third kappa shape index (κ3) is 8.66. The van der Waals surface area contributed by atoms with E-state index in [1.807, 2.05) is 0 Å². The summed E-state index contributed by atoms with van der Waals surface area (Å²) in [5.74, 6) is -2.40. The number of carbonyl (C=O) groups is 1. The van der Waals surface area contributed by atoms with Crippen LogP contribution in [0.1, 0.15) is 77.1 Å². The van der Waals surface area contributed by atoms with Crippen LogP contribution < -0.4 is 15.4 Å². The van der Waals surface area contributed by atoms with E-state index in [2.05, 4.69) is 20.6 Å². The number of aromatic nitrogens is 2. The molecule has 0 radical (unpaired) electrons. The number of fused-ring (bicyclic) bond motifs is 1. The fourth-order valence-corrected chi connectivity index (χ4v) is 8.08. The van der Waals surface area contributed by atoms with E-state index in [-0.39, 0.29) is 29.4 Å². The van der Waals surface area contributed by atoms with E-state index < -0.39 is 84.8 Å². The van der Waals surface area contributed by atoms with Gasteiger partial charge in [-0.25, -0.2) is 4.98 Å². The Labute approximate surface area is 295 Å². The van der Waals surface area contributed by atoms with Gasteiger partial charge in [0.2, 0.25) is 5.95 Å². The highest BCUT2D eigenvalue weighted by Gasteiger charge is 2.59. The van der Waals surface area contributed by atoms with Gasteiger partial charge in [-0.1, -0.05) is 12.1 Å². The second-order valence-electron chi connectivity index (χ2n) is 13.0. The number of nitrogens with one attached hydrogen (secondary N) is 2. The van der Waals surface area contributed by atoms with E-state index in [4.69, 9.17) is 4.74 Å². The zero-order valence-electron chi connectivity index (χ0n) is 27.8. The second-order valence-corrected chi connectivity index (χ2v) is 14.9. The van der Waals surface area contributed by atoms with E-state index in [1.54, 1.807) is 6.07 Å². The third-order valence-electron chi connectivity index (χ3n) is 9.32. The maximum atomic E-state index is 14.2. The van der Waals surface area contributed by atoms with Crippen LogP contribution in [0, 0.1) is 0 Å². The van der Waals surface area contributed by atoms with Crippen molar-refractivity contribution in [2.45, 2.75) is 80.8 Å². The van der Waals surface area contributed by atoms with Crippen molar-refractivity contribution in [2.75, 3.05) is 24.8 Å². The highest BCUT2D eigenvalue weighted by Crippen LogP contribution is 2.65. The van der Waals surface area contributed by atoms with E-state index in [0.29, 0.717) is 49.6 Å². The van der Waals surface area contributed by atoms with Crippen LogP contribution in [0.25, 0.3) is 0 Å². The molecule has 5 rings (SSSR count). The molecule has 0 unspecified atom stereocenters. The summed E-state index contributed by atoms with van der Waals surface area (Å²) >= 11 is 0. The number of aliphatic hydroxyl groups is 1. The molecule has 1 aliphatic carbocycles. The summed E-state index contributed by atoms with van der Waals surface area (Å²) < 4.78 is 141. The van der Waals surface area contributed by atoms with Crippen molar-refractivity contribution in [1.82, 2.24) is 14.9 Å². The minimum atomic E-state index is -6.22. The number of aliphatic hydroxyl groups excluding tert-OH is 1. The molecule has 21 heteroatoms. The van der Waals surface area contributed by atoms with Gasteiger partial charge in [-0.2, -0.15) is 44.5 Å². The molecule has 2 aliphatic rings. The largest absolute Gasteiger partial charge is 0.495 e. The number of benzene rings is 2. The van der Waals surface area contributed by atoms with Crippen LogP contribution in [-0.4, -0.2) is 68.3 Å². The van der Waals surface area contributed by atoms with Crippen LogP contribution in [0.2, 0.25) is 0 Å². The Bertz CT molecular complexity index is 1890. The topological polar surface area (TPSA) is 157 Å². The van der Waals surface area contributed by atoms with Crippen LogP contribution in [-0.2, 0) is 22.4 Å².